The molecule has 0 aliphatic carbocycles. The summed E-state index contributed by atoms with van der Waals surface area (Å²) in [5, 5.41) is 9.94. The Hall–Kier alpha value is -2.37. The van der Waals surface area contributed by atoms with Gasteiger partial charge >= 0.3 is 0 Å². The van der Waals surface area contributed by atoms with E-state index in [9.17, 15) is 4.79 Å². The normalized spacial score (nSPS) is 10.3. The number of rotatable bonds is 5. The maximum atomic E-state index is 11.8. The molecule has 6 heteroatoms. The lowest BCUT2D eigenvalue weighted by Crippen LogP contribution is -2.21. The van der Waals surface area contributed by atoms with Crippen molar-refractivity contribution in [2.24, 2.45) is 0 Å². The largest absolute Gasteiger partial charge is 0.483 e. The molecule has 0 spiro atoms. The molecule has 0 unspecified atom stereocenters. The molecule has 2 rings (SSSR count). The zero-order chi connectivity index (χ0) is 14.5. The SMILES string of the molecule is CCc1nonc1NC(=O)COc1cccc(C)c1C. The highest BCUT2D eigenvalue weighted by atomic mass is 16.6. The van der Waals surface area contributed by atoms with Crippen LogP contribution in [0.15, 0.2) is 22.8 Å². The second kappa shape index (κ2) is 6.18. The minimum absolute atomic E-state index is 0.0830. The third kappa shape index (κ3) is 3.14. The molecule has 0 fully saturated rings. The van der Waals surface area contributed by atoms with Crippen LogP contribution in [0.4, 0.5) is 5.82 Å². The van der Waals surface area contributed by atoms with Crippen molar-refractivity contribution in [3.63, 3.8) is 0 Å². The number of nitrogens with one attached hydrogen (secondary N) is 1. The number of carbonyl (C=O) groups is 1. The van der Waals surface area contributed by atoms with Gasteiger partial charge in [0.15, 0.2) is 6.61 Å². The van der Waals surface area contributed by atoms with Gasteiger partial charge in [-0.25, -0.2) is 4.63 Å². The van der Waals surface area contributed by atoms with Crippen LogP contribution in [0.5, 0.6) is 5.75 Å². The van der Waals surface area contributed by atoms with E-state index in [1.807, 2.05) is 39.0 Å². The van der Waals surface area contributed by atoms with Crippen molar-refractivity contribution >= 4 is 11.7 Å². The first kappa shape index (κ1) is 14.0. The molecule has 6 nitrogen and oxygen atoms in total. The molecule has 0 radical (unpaired) electrons. The molecule has 0 atom stereocenters. The van der Waals surface area contributed by atoms with Crippen LogP contribution in [0, 0.1) is 13.8 Å². The second-order valence-electron chi connectivity index (χ2n) is 4.45. The molecule has 1 N–H and O–H groups in total. The highest BCUT2D eigenvalue weighted by Gasteiger charge is 2.12. The van der Waals surface area contributed by atoms with Crippen molar-refractivity contribution in [1.82, 2.24) is 10.3 Å². The van der Waals surface area contributed by atoms with Gasteiger partial charge < -0.3 is 10.1 Å². The minimum atomic E-state index is -0.295. The van der Waals surface area contributed by atoms with Gasteiger partial charge in [0.2, 0.25) is 5.82 Å². The molecule has 0 aliphatic heterocycles. The Labute approximate surface area is 117 Å². The first-order valence-corrected chi connectivity index (χ1v) is 6.42. The van der Waals surface area contributed by atoms with E-state index in [0.717, 1.165) is 11.1 Å². The third-order valence-corrected chi connectivity index (χ3v) is 3.06. The number of hydrogen-bond acceptors (Lipinski definition) is 5. The molecule has 0 aliphatic rings. The average molecular weight is 275 g/mol. The number of amides is 1. The number of aryl methyl sites for hydroxylation is 2. The number of benzene rings is 1. The highest BCUT2D eigenvalue weighted by molar-refractivity contribution is 5.91. The fraction of sp³-hybridized carbons (Fsp3) is 0.357. The maximum absolute atomic E-state index is 11.8. The Morgan fingerprint density at radius 1 is 1.35 bits per heavy atom. The molecule has 0 saturated heterocycles. The summed E-state index contributed by atoms with van der Waals surface area (Å²) in [7, 11) is 0. The highest BCUT2D eigenvalue weighted by Crippen LogP contribution is 2.20. The second-order valence-corrected chi connectivity index (χ2v) is 4.45. The standard InChI is InChI=1S/C14H17N3O3/c1-4-11-14(17-20-16-11)15-13(18)8-19-12-7-5-6-9(2)10(12)3/h5-7H,4,8H2,1-3H3,(H,15,17,18). The van der Waals surface area contributed by atoms with Crippen LogP contribution >= 0.6 is 0 Å². The van der Waals surface area contributed by atoms with Gasteiger partial charge in [0.1, 0.15) is 11.4 Å². The van der Waals surface area contributed by atoms with E-state index in [0.29, 0.717) is 23.7 Å². The predicted octanol–water partition coefficient (Wildman–Crippen LogP) is 2.27. The molecule has 106 valence electrons. The van der Waals surface area contributed by atoms with Crippen molar-refractivity contribution in [2.75, 3.05) is 11.9 Å². The quantitative estimate of drug-likeness (QED) is 0.905. The smallest absolute Gasteiger partial charge is 0.263 e. The summed E-state index contributed by atoms with van der Waals surface area (Å²) in [6.07, 6.45) is 0.636. The Balaban J connectivity index is 1.94. The van der Waals surface area contributed by atoms with E-state index in [4.69, 9.17) is 4.74 Å². The fourth-order valence-corrected chi connectivity index (χ4v) is 1.73. The summed E-state index contributed by atoms with van der Waals surface area (Å²) in [5.74, 6) is 0.757. The molecule has 1 aromatic carbocycles. The predicted molar refractivity (Wildman–Crippen MR) is 73.7 cm³/mol. The van der Waals surface area contributed by atoms with Crippen molar-refractivity contribution in [3.05, 3.63) is 35.0 Å². The fourth-order valence-electron chi connectivity index (χ4n) is 1.73. The van der Waals surface area contributed by atoms with Crippen LogP contribution in [-0.2, 0) is 11.2 Å². The number of nitrogens with zero attached hydrogens (tertiary/aromatic N) is 2. The monoisotopic (exact) mass is 275 g/mol. The van der Waals surface area contributed by atoms with Gasteiger partial charge in [0, 0.05) is 0 Å². The van der Waals surface area contributed by atoms with Gasteiger partial charge in [-0.2, -0.15) is 0 Å². The lowest BCUT2D eigenvalue weighted by atomic mass is 10.1. The summed E-state index contributed by atoms with van der Waals surface area (Å²) >= 11 is 0. The zero-order valence-electron chi connectivity index (χ0n) is 11.8. The molecule has 1 amide bonds. The van der Waals surface area contributed by atoms with E-state index in [1.165, 1.54) is 0 Å². The molecular formula is C14H17N3O3. The van der Waals surface area contributed by atoms with Crippen LogP contribution in [0.3, 0.4) is 0 Å². The van der Waals surface area contributed by atoms with Crippen LogP contribution in [0.1, 0.15) is 23.7 Å². The molecule has 20 heavy (non-hydrogen) atoms. The van der Waals surface area contributed by atoms with Crippen molar-refractivity contribution < 1.29 is 14.2 Å². The third-order valence-electron chi connectivity index (χ3n) is 3.06. The Morgan fingerprint density at radius 3 is 2.90 bits per heavy atom. The number of aromatic nitrogens is 2. The van der Waals surface area contributed by atoms with Crippen molar-refractivity contribution in [1.29, 1.82) is 0 Å². The lowest BCUT2D eigenvalue weighted by Gasteiger charge is -2.10. The van der Waals surface area contributed by atoms with E-state index >= 15 is 0 Å². The molecule has 1 aromatic heterocycles. The van der Waals surface area contributed by atoms with E-state index in [1.54, 1.807) is 0 Å². The van der Waals surface area contributed by atoms with Gasteiger partial charge in [-0.05, 0) is 42.6 Å². The first-order valence-electron chi connectivity index (χ1n) is 6.42. The topological polar surface area (TPSA) is 77.3 Å². The minimum Gasteiger partial charge on any atom is -0.483 e. The van der Waals surface area contributed by atoms with E-state index in [-0.39, 0.29) is 12.5 Å². The molecular weight excluding hydrogens is 258 g/mol. The average Bonchev–Trinajstić information content (AvgIpc) is 2.87. The Kier molecular flexibility index (Phi) is 4.34. The summed E-state index contributed by atoms with van der Waals surface area (Å²) in [5.41, 5.74) is 2.76. The summed E-state index contributed by atoms with van der Waals surface area (Å²) < 4.78 is 10.1. The van der Waals surface area contributed by atoms with E-state index < -0.39 is 0 Å². The molecule has 0 bridgehead atoms. The van der Waals surface area contributed by atoms with Crippen molar-refractivity contribution in [3.8, 4) is 5.75 Å². The summed E-state index contributed by atoms with van der Waals surface area (Å²) in [6.45, 7) is 5.78. The first-order chi connectivity index (χ1) is 9.61. The summed E-state index contributed by atoms with van der Waals surface area (Å²) in [6, 6.07) is 5.73. The Morgan fingerprint density at radius 2 is 2.15 bits per heavy atom. The molecule has 2 aromatic rings. The van der Waals surface area contributed by atoms with Gasteiger partial charge in [-0.1, -0.05) is 24.2 Å². The molecule has 1 heterocycles. The number of carbonyl (C=O) groups excluding carboxylic acids is 1. The van der Waals surface area contributed by atoms with Gasteiger partial charge in [-0.15, -0.1) is 0 Å². The Bertz CT molecular complexity index is 607. The van der Waals surface area contributed by atoms with Crippen LogP contribution in [0.2, 0.25) is 0 Å². The van der Waals surface area contributed by atoms with Gasteiger partial charge in [0.05, 0.1) is 0 Å². The van der Waals surface area contributed by atoms with Crippen LogP contribution < -0.4 is 10.1 Å². The van der Waals surface area contributed by atoms with Crippen LogP contribution in [-0.4, -0.2) is 22.8 Å². The van der Waals surface area contributed by atoms with Crippen molar-refractivity contribution in [2.45, 2.75) is 27.2 Å². The number of ether oxygens (including phenoxy) is 1. The maximum Gasteiger partial charge on any atom is 0.263 e. The zero-order valence-corrected chi connectivity index (χ0v) is 11.8. The number of anilines is 1. The van der Waals surface area contributed by atoms with Crippen LogP contribution in [0.25, 0.3) is 0 Å². The summed E-state index contributed by atoms with van der Waals surface area (Å²) in [4.78, 5) is 11.8. The number of hydrogen-bond donors (Lipinski definition) is 1. The van der Waals surface area contributed by atoms with Gasteiger partial charge in [-0.3, -0.25) is 4.79 Å². The lowest BCUT2D eigenvalue weighted by molar-refractivity contribution is -0.118. The molecule has 0 saturated carbocycles. The van der Waals surface area contributed by atoms with Gasteiger partial charge in [0.25, 0.3) is 5.91 Å². The van der Waals surface area contributed by atoms with E-state index in [2.05, 4.69) is 20.3 Å².